The second-order valence-corrected chi connectivity index (χ2v) is 9.85. The number of H-pyrrole nitrogens is 1. The number of aromatic nitrogens is 2. The third kappa shape index (κ3) is 4.69. The highest BCUT2D eigenvalue weighted by atomic mass is 16.4. The van der Waals surface area contributed by atoms with Gasteiger partial charge in [-0.3, -0.25) is 5.10 Å². The van der Waals surface area contributed by atoms with E-state index in [0.29, 0.717) is 12.0 Å². The van der Waals surface area contributed by atoms with Gasteiger partial charge >= 0.3 is 5.97 Å². The number of aromatic amines is 1. The summed E-state index contributed by atoms with van der Waals surface area (Å²) in [7, 11) is 0. The van der Waals surface area contributed by atoms with E-state index in [4.69, 9.17) is 5.11 Å². The topological polar surface area (TPSA) is 69.2 Å². The summed E-state index contributed by atoms with van der Waals surface area (Å²) < 4.78 is 0. The average molecular weight is 478 g/mol. The Labute approximate surface area is 212 Å². The lowest BCUT2D eigenvalue weighted by atomic mass is 9.83. The number of carboxylic acid groups (broad SMARTS) is 1. The van der Waals surface area contributed by atoms with Crippen molar-refractivity contribution in [3.05, 3.63) is 113 Å². The molecule has 0 aliphatic carbocycles. The van der Waals surface area contributed by atoms with Gasteiger partial charge in [-0.05, 0) is 70.9 Å². The van der Waals surface area contributed by atoms with Crippen LogP contribution in [0, 0.1) is 0 Å². The van der Waals surface area contributed by atoms with Crippen LogP contribution in [0.2, 0.25) is 0 Å². The minimum Gasteiger partial charge on any atom is -0.478 e. The molecule has 4 aromatic rings. The van der Waals surface area contributed by atoms with Crippen LogP contribution in [0.15, 0.2) is 85.2 Å². The van der Waals surface area contributed by atoms with Crippen molar-refractivity contribution in [2.45, 2.75) is 45.2 Å². The standard InChI is InChI=1S/C31H31N3O2/c1-20(2)23-9-12-28(13-10-23)34-21(3)16-26-17-25(27-18-32-33-19-27)11-14-29(26)31(34)24-7-4-22(5-8-24)6-15-30(35)36/h4-15,17-21,31H,16H2,1-3H3,(H,32,33)(H,35,36)/b15-6+/t21-,31-/m0/s1. The Bertz CT molecular complexity index is 1370. The molecule has 1 aromatic heterocycles. The molecule has 0 bridgehead atoms. The third-order valence-corrected chi connectivity index (χ3v) is 7.07. The first-order chi connectivity index (χ1) is 17.4. The summed E-state index contributed by atoms with van der Waals surface area (Å²) in [6.07, 6.45) is 7.54. The van der Waals surface area contributed by atoms with E-state index in [0.717, 1.165) is 23.1 Å². The molecule has 36 heavy (non-hydrogen) atoms. The molecule has 3 aromatic carbocycles. The summed E-state index contributed by atoms with van der Waals surface area (Å²) in [5, 5.41) is 16.0. The summed E-state index contributed by atoms with van der Waals surface area (Å²) in [5.74, 6) is -0.458. The fraction of sp³-hybridized carbons (Fsp3) is 0.226. The molecule has 182 valence electrons. The van der Waals surface area contributed by atoms with Gasteiger partial charge in [0, 0.05) is 29.6 Å². The largest absolute Gasteiger partial charge is 0.478 e. The Hall–Kier alpha value is -4.12. The normalized spacial score (nSPS) is 17.5. The zero-order valence-corrected chi connectivity index (χ0v) is 20.8. The number of carboxylic acids is 1. The van der Waals surface area contributed by atoms with Gasteiger partial charge in [-0.25, -0.2) is 4.79 Å². The molecule has 0 spiro atoms. The van der Waals surface area contributed by atoms with E-state index in [1.54, 1.807) is 6.08 Å². The number of carbonyl (C=O) groups is 1. The maximum absolute atomic E-state index is 10.9. The van der Waals surface area contributed by atoms with Crippen molar-refractivity contribution in [3.8, 4) is 11.1 Å². The number of nitrogens with one attached hydrogen (secondary N) is 1. The van der Waals surface area contributed by atoms with Gasteiger partial charge in [-0.15, -0.1) is 0 Å². The van der Waals surface area contributed by atoms with Gasteiger partial charge in [0.05, 0.1) is 12.2 Å². The highest BCUT2D eigenvalue weighted by Gasteiger charge is 2.33. The fourth-order valence-corrected chi connectivity index (χ4v) is 5.19. The monoisotopic (exact) mass is 477 g/mol. The van der Waals surface area contributed by atoms with Crippen molar-refractivity contribution in [2.75, 3.05) is 4.90 Å². The molecule has 1 aliphatic heterocycles. The quantitative estimate of drug-likeness (QED) is 0.298. The van der Waals surface area contributed by atoms with Gasteiger partial charge in [-0.1, -0.05) is 68.4 Å². The number of nitrogens with zero attached hydrogens (tertiary/aromatic N) is 2. The number of aliphatic carboxylic acids is 1. The molecule has 2 N–H and O–H groups in total. The number of benzene rings is 3. The molecule has 2 heterocycles. The lowest BCUT2D eigenvalue weighted by molar-refractivity contribution is -0.131. The van der Waals surface area contributed by atoms with E-state index in [-0.39, 0.29) is 6.04 Å². The van der Waals surface area contributed by atoms with Crippen LogP contribution in [0.1, 0.15) is 60.5 Å². The molecule has 0 saturated heterocycles. The van der Waals surface area contributed by atoms with E-state index in [9.17, 15) is 4.79 Å². The Morgan fingerprint density at radius 1 is 1.06 bits per heavy atom. The summed E-state index contributed by atoms with van der Waals surface area (Å²) in [6.45, 7) is 6.73. The number of hydrogen-bond donors (Lipinski definition) is 2. The summed E-state index contributed by atoms with van der Waals surface area (Å²) in [6, 6.07) is 24.3. The van der Waals surface area contributed by atoms with Gasteiger partial charge in [-0.2, -0.15) is 5.10 Å². The number of anilines is 1. The summed E-state index contributed by atoms with van der Waals surface area (Å²) in [4.78, 5) is 13.5. The number of hydrogen-bond acceptors (Lipinski definition) is 3. The van der Waals surface area contributed by atoms with Crippen LogP contribution < -0.4 is 4.90 Å². The van der Waals surface area contributed by atoms with Gasteiger partial charge in [0.2, 0.25) is 0 Å². The van der Waals surface area contributed by atoms with Crippen LogP contribution >= 0.6 is 0 Å². The van der Waals surface area contributed by atoms with Crippen LogP contribution in [0.5, 0.6) is 0 Å². The molecule has 2 atom stereocenters. The third-order valence-electron chi connectivity index (χ3n) is 7.07. The van der Waals surface area contributed by atoms with E-state index < -0.39 is 5.97 Å². The van der Waals surface area contributed by atoms with Crippen molar-refractivity contribution >= 4 is 17.7 Å². The molecule has 5 rings (SSSR count). The summed E-state index contributed by atoms with van der Waals surface area (Å²) in [5.41, 5.74) is 9.47. The maximum Gasteiger partial charge on any atom is 0.328 e. The first-order valence-electron chi connectivity index (χ1n) is 12.4. The van der Waals surface area contributed by atoms with E-state index in [1.165, 1.54) is 34.0 Å². The number of fused-ring (bicyclic) bond motifs is 1. The van der Waals surface area contributed by atoms with Crippen molar-refractivity contribution in [2.24, 2.45) is 0 Å². The van der Waals surface area contributed by atoms with E-state index in [1.807, 2.05) is 24.5 Å². The minimum absolute atomic E-state index is 0.0459. The van der Waals surface area contributed by atoms with E-state index in [2.05, 4.69) is 90.5 Å². The van der Waals surface area contributed by atoms with E-state index >= 15 is 0 Å². The van der Waals surface area contributed by atoms with Crippen molar-refractivity contribution < 1.29 is 9.90 Å². The molecule has 0 amide bonds. The first-order valence-corrected chi connectivity index (χ1v) is 12.4. The molecule has 5 nitrogen and oxygen atoms in total. The molecular formula is C31H31N3O2. The zero-order valence-electron chi connectivity index (χ0n) is 20.8. The zero-order chi connectivity index (χ0) is 25.2. The molecular weight excluding hydrogens is 446 g/mol. The van der Waals surface area contributed by atoms with Crippen LogP contribution in [0.25, 0.3) is 17.2 Å². The van der Waals surface area contributed by atoms with Crippen LogP contribution in [-0.4, -0.2) is 27.3 Å². The Morgan fingerprint density at radius 3 is 2.44 bits per heavy atom. The lowest BCUT2D eigenvalue weighted by Crippen LogP contribution is -2.42. The van der Waals surface area contributed by atoms with Gasteiger partial charge in [0.1, 0.15) is 0 Å². The predicted molar refractivity (Wildman–Crippen MR) is 145 cm³/mol. The van der Waals surface area contributed by atoms with Crippen molar-refractivity contribution in [3.63, 3.8) is 0 Å². The average Bonchev–Trinajstić information content (AvgIpc) is 3.42. The van der Waals surface area contributed by atoms with Gasteiger partial charge in [0.15, 0.2) is 0 Å². The second kappa shape index (κ2) is 9.86. The predicted octanol–water partition coefficient (Wildman–Crippen LogP) is 6.84. The second-order valence-electron chi connectivity index (χ2n) is 9.85. The van der Waals surface area contributed by atoms with Crippen LogP contribution in [0.3, 0.4) is 0 Å². The first kappa shape index (κ1) is 23.6. The maximum atomic E-state index is 10.9. The van der Waals surface area contributed by atoms with Crippen molar-refractivity contribution in [1.29, 1.82) is 0 Å². The Kier molecular flexibility index (Phi) is 6.47. The highest BCUT2D eigenvalue weighted by Crippen LogP contribution is 2.42. The van der Waals surface area contributed by atoms with Gasteiger partial charge < -0.3 is 10.0 Å². The Balaban J connectivity index is 1.59. The van der Waals surface area contributed by atoms with Crippen LogP contribution in [0.4, 0.5) is 5.69 Å². The molecule has 1 aliphatic rings. The molecule has 0 fully saturated rings. The molecule has 0 saturated carbocycles. The molecule has 0 radical (unpaired) electrons. The van der Waals surface area contributed by atoms with Crippen molar-refractivity contribution in [1.82, 2.24) is 10.2 Å². The minimum atomic E-state index is -0.946. The number of rotatable bonds is 6. The smallest absolute Gasteiger partial charge is 0.328 e. The highest BCUT2D eigenvalue weighted by molar-refractivity contribution is 5.85. The summed E-state index contributed by atoms with van der Waals surface area (Å²) >= 11 is 0. The van der Waals surface area contributed by atoms with Crippen LogP contribution in [-0.2, 0) is 11.2 Å². The molecule has 0 unspecified atom stereocenters. The lowest BCUT2D eigenvalue weighted by Gasteiger charge is -2.44. The SMILES string of the molecule is CC(C)c1ccc(N2[C@@H](c3ccc(/C=C/C(=O)O)cc3)c3ccc(-c4cn[nH]c4)cc3C[C@@H]2C)cc1. The Morgan fingerprint density at radius 2 is 1.81 bits per heavy atom. The molecule has 5 heteroatoms. The fourth-order valence-electron chi connectivity index (χ4n) is 5.19. The van der Waals surface area contributed by atoms with Gasteiger partial charge in [0.25, 0.3) is 0 Å².